The van der Waals surface area contributed by atoms with Gasteiger partial charge in [0.25, 0.3) is 0 Å². The molecule has 0 unspecified atom stereocenters. The molecule has 0 amide bonds. The van der Waals surface area contributed by atoms with Crippen LogP contribution in [0.3, 0.4) is 0 Å². The number of halogens is 2. The summed E-state index contributed by atoms with van der Waals surface area (Å²) in [6.07, 6.45) is 3.18. The highest BCUT2D eigenvalue weighted by molar-refractivity contribution is 6.31. The quantitative estimate of drug-likeness (QED) is 0.553. The van der Waals surface area contributed by atoms with E-state index in [1.165, 1.54) is 12.3 Å². The fourth-order valence-electron chi connectivity index (χ4n) is 2.35. The zero-order valence-electron chi connectivity index (χ0n) is 11.8. The van der Waals surface area contributed by atoms with Crippen LogP contribution in [-0.2, 0) is 0 Å². The van der Waals surface area contributed by atoms with Gasteiger partial charge in [-0.15, -0.1) is 0 Å². The molecule has 0 aliphatic heterocycles. The largest absolute Gasteiger partial charge is 0.338 e. The van der Waals surface area contributed by atoms with Crippen molar-refractivity contribution in [3.63, 3.8) is 0 Å². The molecule has 4 rings (SSSR count). The lowest BCUT2D eigenvalue weighted by atomic mass is 10.1. The molecule has 0 radical (unpaired) electrons. The first-order valence-corrected chi connectivity index (χ1v) is 7.30. The van der Waals surface area contributed by atoms with Crippen LogP contribution in [0.1, 0.15) is 0 Å². The molecule has 1 N–H and O–H groups in total. The number of hydrogen-bond donors (Lipinski definition) is 1. The molecule has 3 aromatic heterocycles. The third kappa shape index (κ3) is 2.66. The van der Waals surface area contributed by atoms with E-state index in [-0.39, 0.29) is 0 Å². The molecule has 0 atom stereocenters. The molecule has 0 aliphatic carbocycles. The highest BCUT2D eigenvalue weighted by atomic mass is 35.5. The molecule has 0 bridgehead atoms. The Morgan fingerprint density at radius 1 is 0.913 bits per heavy atom. The second-order valence-electron chi connectivity index (χ2n) is 5.05. The van der Waals surface area contributed by atoms with Crippen LogP contribution in [0.4, 0.5) is 4.39 Å². The number of hydrogen-bond acceptors (Lipinski definition) is 3. The van der Waals surface area contributed by atoms with Crippen molar-refractivity contribution < 1.29 is 4.39 Å². The number of rotatable bonds is 2. The maximum absolute atomic E-state index is 12.9. The van der Waals surface area contributed by atoms with E-state index in [4.69, 9.17) is 11.6 Å². The van der Waals surface area contributed by atoms with Crippen LogP contribution >= 0.6 is 11.6 Å². The minimum absolute atomic E-state index is 0.508. The zero-order chi connectivity index (χ0) is 15.8. The summed E-state index contributed by atoms with van der Waals surface area (Å²) < 4.78 is 12.9. The summed E-state index contributed by atoms with van der Waals surface area (Å²) in [5.41, 5.74) is 4.06. The molecule has 23 heavy (non-hydrogen) atoms. The number of fused-ring (bicyclic) bond motifs is 1. The van der Waals surface area contributed by atoms with Gasteiger partial charge in [0.05, 0.1) is 16.7 Å². The maximum Gasteiger partial charge on any atom is 0.212 e. The number of benzene rings is 1. The first kappa shape index (κ1) is 13.8. The number of aromatic nitrogens is 4. The van der Waals surface area contributed by atoms with Crippen LogP contribution in [0.15, 0.2) is 54.9 Å². The first-order chi connectivity index (χ1) is 11.2. The Morgan fingerprint density at radius 2 is 1.74 bits per heavy atom. The normalized spacial score (nSPS) is 11.0. The zero-order valence-corrected chi connectivity index (χ0v) is 12.5. The second kappa shape index (κ2) is 5.44. The van der Waals surface area contributed by atoms with E-state index in [2.05, 4.69) is 19.9 Å². The van der Waals surface area contributed by atoms with Crippen molar-refractivity contribution in [3.05, 3.63) is 65.8 Å². The van der Waals surface area contributed by atoms with Crippen molar-refractivity contribution in [2.45, 2.75) is 0 Å². The van der Waals surface area contributed by atoms with Crippen LogP contribution in [0, 0.1) is 5.95 Å². The van der Waals surface area contributed by atoms with E-state index >= 15 is 0 Å². The van der Waals surface area contributed by atoms with E-state index in [0.29, 0.717) is 5.02 Å². The predicted molar refractivity (Wildman–Crippen MR) is 87.5 cm³/mol. The molecule has 6 heteroatoms. The molecule has 0 saturated carbocycles. The minimum Gasteiger partial charge on any atom is -0.338 e. The Bertz CT molecular complexity index is 978. The number of nitrogens with one attached hydrogen (secondary N) is 1. The molecular weight excluding hydrogens is 315 g/mol. The Balaban J connectivity index is 1.70. The van der Waals surface area contributed by atoms with Gasteiger partial charge >= 0.3 is 0 Å². The third-order valence-corrected chi connectivity index (χ3v) is 3.74. The summed E-state index contributed by atoms with van der Waals surface area (Å²) in [6.45, 7) is 0. The van der Waals surface area contributed by atoms with Gasteiger partial charge in [-0.05, 0) is 42.5 Å². The van der Waals surface area contributed by atoms with Crippen LogP contribution in [0.25, 0.3) is 33.7 Å². The fraction of sp³-hybridized carbons (Fsp3) is 0. The van der Waals surface area contributed by atoms with Crippen molar-refractivity contribution in [2.75, 3.05) is 0 Å². The molecule has 0 fully saturated rings. The van der Waals surface area contributed by atoms with E-state index in [1.807, 2.05) is 24.3 Å². The van der Waals surface area contributed by atoms with Gasteiger partial charge < -0.3 is 4.98 Å². The van der Waals surface area contributed by atoms with E-state index in [0.717, 1.165) is 33.7 Å². The molecule has 1 aromatic carbocycles. The number of nitrogens with zero attached hydrogens (tertiary/aromatic N) is 3. The average Bonchev–Trinajstić information content (AvgIpc) is 2.99. The fourth-order valence-corrected chi connectivity index (χ4v) is 2.52. The smallest absolute Gasteiger partial charge is 0.212 e. The summed E-state index contributed by atoms with van der Waals surface area (Å²) in [5, 5.41) is 0.657. The summed E-state index contributed by atoms with van der Waals surface area (Å²) >= 11 is 5.98. The van der Waals surface area contributed by atoms with Gasteiger partial charge in [0.2, 0.25) is 5.95 Å². The number of pyridine rings is 2. The highest BCUT2D eigenvalue weighted by Crippen LogP contribution is 2.24. The number of imidazole rings is 1. The van der Waals surface area contributed by atoms with Crippen LogP contribution in [0.2, 0.25) is 5.02 Å². The highest BCUT2D eigenvalue weighted by Gasteiger charge is 2.07. The van der Waals surface area contributed by atoms with E-state index in [1.54, 1.807) is 18.3 Å². The number of H-pyrrole nitrogens is 1. The summed E-state index contributed by atoms with van der Waals surface area (Å²) in [6, 6.07) is 12.2. The predicted octanol–water partition coefficient (Wildman–Crippen LogP) is 4.48. The topological polar surface area (TPSA) is 54.5 Å². The molecule has 0 aliphatic rings. The van der Waals surface area contributed by atoms with E-state index in [9.17, 15) is 4.39 Å². The minimum atomic E-state index is -0.508. The Kier molecular flexibility index (Phi) is 3.28. The second-order valence-corrected chi connectivity index (χ2v) is 5.49. The van der Waals surface area contributed by atoms with E-state index < -0.39 is 5.95 Å². The summed E-state index contributed by atoms with van der Waals surface area (Å²) in [5.74, 6) is 0.213. The van der Waals surface area contributed by atoms with Crippen molar-refractivity contribution in [3.8, 4) is 22.6 Å². The summed E-state index contributed by atoms with van der Waals surface area (Å²) in [4.78, 5) is 15.8. The Hall–Kier alpha value is -2.79. The van der Waals surface area contributed by atoms with Gasteiger partial charge in [-0.1, -0.05) is 11.6 Å². The third-order valence-electron chi connectivity index (χ3n) is 3.50. The molecule has 112 valence electrons. The molecule has 3 heterocycles. The molecular formula is C17H10ClFN4. The van der Waals surface area contributed by atoms with Crippen LogP contribution in [-0.4, -0.2) is 19.9 Å². The monoisotopic (exact) mass is 324 g/mol. The van der Waals surface area contributed by atoms with Crippen LogP contribution in [0.5, 0.6) is 0 Å². The van der Waals surface area contributed by atoms with Gasteiger partial charge in [0.15, 0.2) is 0 Å². The molecule has 4 aromatic rings. The van der Waals surface area contributed by atoms with Crippen molar-refractivity contribution in [1.29, 1.82) is 0 Å². The Labute approximate surface area is 136 Å². The van der Waals surface area contributed by atoms with Gasteiger partial charge in [0.1, 0.15) is 5.82 Å². The standard InChI is InChI=1S/C17H10ClFN4/c18-12-3-5-14-15(7-12)23-17(22-14)11-1-4-13(20-9-11)10-2-6-16(19)21-8-10/h1-9H,(H,22,23). The lowest BCUT2D eigenvalue weighted by Crippen LogP contribution is -1.88. The number of aromatic amines is 1. The van der Waals surface area contributed by atoms with Crippen molar-refractivity contribution >= 4 is 22.6 Å². The maximum atomic E-state index is 12.9. The average molecular weight is 325 g/mol. The molecule has 4 nitrogen and oxygen atoms in total. The van der Waals surface area contributed by atoms with Crippen molar-refractivity contribution in [2.24, 2.45) is 0 Å². The van der Waals surface area contributed by atoms with Gasteiger partial charge in [-0.3, -0.25) is 4.98 Å². The Morgan fingerprint density at radius 3 is 2.48 bits per heavy atom. The van der Waals surface area contributed by atoms with Gasteiger partial charge in [0, 0.05) is 28.5 Å². The summed E-state index contributed by atoms with van der Waals surface area (Å²) in [7, 11) is 0. The van der Waals surface area contributed by atoms with Crippen LogP contribution < -0.4 is 0 Å². The first-order valence-electron chi connectivity index (χ1n) is 6.93. The molecule has 0 saturated heterocycles. The lowest BCUT2D eigenvalue weighted by molar-refractivity contribution is 0.584. The van der Waals surface area contributed by atoms with Gasteiger partial charge in [-0.25, -0.2) is 9.97 Å². The van der Waals surface area contributed by atoms with Gasteiger partial charge in [-0.2, -0.15) is 4.39 Å². The van der Waals surface area contributed by atoms with Crippen molar-refractivity contribution in [1.82, 2.24) is 19.9 Å². The lowest BCUT2D eigenvalue weighted by Gasteiger charge is -2.01. The SMILES string of the molecule is Fc1ccc(-c2ccc(-c3nc4ccc(Cl)cc4[nH]3)cn2)cn1. The molecule has 0 spiro atoms.